The number of carbonyl (C=O) groups is 3. The first kappa shape index (κ1) is 20.2. The van der Waals surface area contributed by atoms with Crippen molar-refractivity contribution >= 4 is 34.9 Å². The molecule has 0 spiro atoms. The van der Waals surface area contributed by atoms with Gasteiger partial charge in [-0.2, -0.15) is 0 Å². The molecule has 0 saturated carbocycles. The van der Waals surface area contributed by atoms with Gasteiger partial charge < -0.3 is 15.4 Å². The summed E-state index contributed by atoms with van der Waals surface area (Å²) in [5.41, 5.74) is 2.49. The zero-order chi connectivity index (χ0) is 21.3. The van der Waals surface area contributed by atoms with Crippen LogP contribution in [0, 0.1) is 5.92 Å². The lowest BCUT2D eigenvalue weighted by Gasteiger charge is -2.33. The molecular weight excluding hydrogens is 404 g/mol. The lowest BCUT2D eigenvalue weighted by atomic mass is 9.75. The Morgan fingerprint density at radius 1 is 1.10 bits per heavy atom. The van der Waals surface area contributed by atoms with Gasteiger partial charge in [0.2, 0.25) is 11.8 Å². The van der Waals surface area contributed by atoms with Crippen LogP contribution in [-0.4, -0.2) is 24.7 Å². The zero-order valence-electron chi connectivity index (χ0n) is 16.4. The topological polar surface area (TPSA) is 84.5 Å². The first-order valence-corrected chi connectivity index (χ1v) is 10.1. The van der Waals surface area contributed by atoms with Crippen molar-refractivity contribution < 1.29 is 19.1 Å². The van der Waals surface area contributed by atoms with Crippen molar-refractivity contribution in [2.24, 2.45) is 5.92 Å². The highest BCUT2D eigenvalue weighted by Gasteiger charge is 2.40. The molecule has 6 nitrogen and oxygen atoms in total. The van der Waals surface area contributed by atoms with Crippen molar-refractivity contribution in [3.8, 4) is 5.75 Å². The molecule has 2 aliphatic rings. The van der Waals surface area contributed by atoms with Gasteiger partial charge in [0, 0.05) is 34.8 Å². The third-order valence-corrected chi connectivity index (χ3v) is 5.77. The summed E-state index contributed by atoms with van der Waals surface area (Å²) in [6.07, 6.45) is 0.742. The molecule has 1 aliphatic heterocycles. The summed E-state index contributed by atoms with van der Waals surface area (Å²) in [4.78, 5) is 38.2. The summed E-state index contributed by atoms with van der Waals surface area (Å²) < 4.78 is 5.19. The van der Waals surface area contributed by atoms with Crippen LogP contribution in [0.2, 0.25) is 5.02 Å². The Hall–Kier alpha value is -3.12. The summed E-state index contributed by atoms with van der Waals surface area (Å²) in [7, 11) is 1.60. The van der Waals surface area contributed by atoms with Crippen LogP contribution in [0.15, 0.2) is 59.8 Å². The van der Waals surface area contributed by atoms with Gasteiger partial charge in [-0.3, -0.25) is 14.4 Å². The number of allylic oxidation sites excluding steroid dienone is 1. The van der Waals surface area contributed by atoms with E-state index in [-0.39, 0.29) is 29.9 Å². The minimum Gasteiger partial charge on any atom is -0.497 e. The van der Waals surface area contributed by atoms with Crippen LogP contribution in [0.5, 0.6) is 5.75 Å². The fourth-order valence-corrected chi connectivity index (χ4v) is 4.28. The van der Waals surface area contributed by atoms with Gasteiger partial charge in [0.05, 0.1) is 13.0 Å². The van der Waals surface area contributed by atoms with E-state index in [2.05, 4.69) is 10.6 Å². The maximum Gasteiger partial charge on any atom is 0.232 e. The molecule has 2 atom stereocenters. The number of rotatable bonds is 4. The van der Waals surface area contributed by atoms with E-state index in [0.717, 1.165) is 11.3 Å². The number of anilines is 1. The molecule has 7 heteroatoms. The lowest BCUT2D eigenvalue weighted by molar-refractivity contribution is -0.129. The summed E-state index contributed by atoms with van der Waals surface area (Å²) in [5, 5.41) is 6.09. The third-order valence-electron chi connectivity index (χ3n) is 5.53. The third kappa shape index (κ3) is 4.09. The highest BCUT2D eigenvalue weighted by atomic mass is 35.5. The Morgan fingerprint density at radius 2 is 1.87 bits per heavy atom. The Kier molecular flexibility index (Phi) is 5.59. The van der Waals surface area contributed by atoms with Crippen LogP contribution in [0.1, 0.15) is 30.7 Å². The second-order valence-electron chi connectivity index (χ2n) is 7.50. The highest BCUT2D eigenvalue weighted by molar-refractivity contribution is 6.30. The van der Waals surface area contributed by atoms with Gasteiger partial charge in [-0.05, 0) is 48.2 Å². The lowest BCUT2D eigenvalue weighted by Crippen LogP contribution is -2.43. The normalized spacial score (nSPS) is 21.0. The number of Topliss-reactive ketones (excluding diaryl/α,β-unsaturated/α-hetero) is 1. The average Bonchev–Trinajstić information content (AvgIpc) is 2.72. The van der Waals surface area contributed by atoms with E-state index >= 15 is 0 Å². The van der Waals surface area contributed by atoms with Crippen molar-refractivity contribution in [1.82, 2.24) is 5.32 Å². The zero-order valence-corrected chi connectivity index (χ0v) is 17.2. The van der Waals surface area contributed by atoms with E-state index in [1.54, 1.807) is 31.4 Å². The quantitative estimate of drug-likeness (QED) is 0.781. The molecule has 30 heavy (non-hydrogen) atoms. The number of hydrogen-bond donors (Lipinski definition) is 2. The van der Waals surface area contributed by atoms with Gasteiger partial charge in [0.15, 0.2) is 5.78 Å². The van der Waals surface area contributed by atoms with Gasteiger partial charge in [0.25, 0.3) is 0 Å². The van der Waals surface area contributed by atoms with Crippen LogP contribution in [-0.2, 0) is 14.4 Å². The number of carbonyl (C=O) groups excluding carboxylic acids is 3. The molecular formula is C23H21ClN2O4. The monoisotopic (exact) mass is 424 g/mol. The second kappa shape index (κ2) is 8.32. The standard InChI is InChI=1S/C23H21ClN2O4/c1-30-17-7-5-13(6-8-17)14-9-19-22(20(27)10-14)18(12-21(28)26-19)23(29)25-16-4-2-3-15(24)11-16/h2-8,11,14,18H,9-10,12H2,1H3,(H,25,29)(H,26,28). The first-order chi connectivity index (χ1) is 14.4. The number of amides is 2. The van der Waals surface area contributed by atoms with E-state index < -0.39 is 5.92 Å². The molecule has 0 radical (unpaired) electrons. The Bertz CT molecular complexity index is 1050. The molecule has 0 fully saturated rings. The molecule has 2 N–H and O–H groups in total. The molecule has 2 aromatic rings. The predicted molar refractivity (Wildman–Crippen MR) is 113 cm³/mol. The van der Waals surface area contributed by atoms with Crippen molar-refractivity contribution in [2.75, 3.05) is 12.4 Å². The second-order valence-corrected chi connectivity index (χ2v) is 7.93. The van der Waals surface area contributed by atoms with E-state index in [0.29, 0.717) is 34.8 Å². The number of halogens is 1. The minimum atomic E-state index is -0.808. The number of nitrogens with one attached hydrogen (secondary N) is 2. The summed E-state index contributed by atoms with van der Waals surface area (Å²) >= 11 is 5.98. The summed E-state index contributed by atoms with van der Waals surface area (Å²) in [6.45, 7) is 0. The molecule has 1 heterocycles. The van der Waals surface area contributed by atoms with Crippen molar-refractivity contribution in [3.05, 3.63) is 70.4 Å². The average molecular weight is 425 g/mol. The molecule has 154 valence electrons. The van der Waals surface area contributed by atoms with Gasteiger partial charge in [-0.1, -0.05) is 29.8 Å². The molecule has 2 amide bonds. The van der Waals surface area contributed by atoms with E-state index in [4.69, 9.17) is 16.3 Å². The number of ether oxygens (including phenoxy) is 1. The van der Waals surface area contributed by atoms with Crippen LogP contribution < -0.4 is 15.4 Å². The Labute approximate surface area is 179 Å². The van der Waals surface area contributed by atoms with Crippen molar-refractivity contribution in [3.63, 3.8) is 0 Å². The number of hydrogen-bond acceptors (Lipinski definition) is 4. The summed E-state index contributed by atoms with van der Waals surface area (Å²) in [6, 6.07) is 14.3. The fraction of sp³-hybridized carbons (Fsp3) is 0.261. The number of methoxy groups -OCH3 is 1. The fourth-order valence-electron chi connectivity index (χ4n) is 4.09. The maximum atomic E-state index is 13.0. The van der Waals surface area contributed by atoms with Gasteiger partial charge in [0.1, 0.15) is 5.75 Å². The predicted octanol–water partition coefficient (Wildman–Crippen LogP) is 3.82. The summed E-state index contributed by atoms with van der Waals surface area (Å²) in [5.74, 6) is -0.874. The smallest absolute Gasteiger partial charge is 0.232 e. The van der Waals surface area contributed by atoms with Crippen molar-refractivity contribution in [1.29, 1.82) is 0 Å². The Morgan fingerprint density at radius 3 is 2.57 bits per heavy atom. The van der Waals surface area contributed by atoms with Gasteiger partial charge in [-0.25, -0.2) is 0 Å². The molecule has 2 unspecified atom stereocenters. The van der Waals surface area contributed by atoms with E-state index in [1.165, 1.54) is 0 Å². The van der Waals surface area contributed by atoms with Crippen molar-refractivity contribution in [2.45, 2.75) is 25.2 Å². The van der Waals surface area contributed by atoms with Crippen LogP contribution >= 0.6 is 11.6 Å². The molecule has 0 bridgehead atoms. The van der Waals surface area contributed by atoms with E-state index in [9.17, 15) is 14.4 Å². The molecule has 0 saturated heterocycles. The van der Waals surface area contributed by atoms with Gasteiger partial charge in [-0.15, -0.1) is 0 Å². The molecule has 0 aromatic heterocycles. The SMILES string of the molecule is COc1ccc(C2CC(=O)C3=C(C2)NC(=O)CC3C(=O)Nc2cccc(Cl)c2)cc1. The maximum absolute atomic E-state index is 13.0. The molecule has 1 aliphatic carbocycles. The van der Waals surface area contributed by atoms with E-state index in [1.807, 2.05) is 24.3 Å². The van der Waals surface area contributed by atoms with Crippen LogP contribution in [0.4, 0.5) is 5.69 Å². The van der Waals surface area contributed by atoms with Crippen LogP contribution in [0.25, 0.3) is 0 Å². The highest BCUT2D eigenvalue weighted by Crippen LogP contribution is 2.39. The largest absolute Gasteiger partial charge is 0.497 e. The number of benzene rings is 2. The minimum absolute atomic E-state index is 0.0514. The molecule has 2 aromatic carbocycles. The van der Waals surface area contributed by atoms with Gasteiger partial charge >= 0.3 is 0 Å². The Balaban J connectivity index is 1.59. The first-order valence-electron chi connectivity index (χ1n) is 9.71. The van der Waals surface area contributed by atoms with Crippen LogP contribution in [0.3, 0.4) is 0 Å². The molecule has 4 rings (SSSR count). The number of ketones is 1.